The third kappa shape index (κ3) is 5.29. The summed E-state index contributed by atoms with van der Waals surface area (Å²) in [5.74, 6) is -1.09. The van der Waals surface area contributed by atoms with E-state index in [1.807, 2.05) is 36.9 Å². The van der Waals surface area contributed by atoms with E-state index >= 15 is 0 Å². The Hall–Kier alpha value is -4.06. The van der Waals surface area contributed by atoms with Gasteiger partial charge in [-0.1, -0.05) is 12.1 Å². The van der Waals surface area contributed by atoms with Gasteiger partial charge in [0.25, 0.3) is 11.4 Å². The minimum atomic E-state index is -0.905. The van der Waals surface area contributed by atoms with Crippen LogP contribution in [0.5, 0.6) is 0 Å². The topological polar surface area (TPSA) is 148 Å². The van der Waals surface area contributed by atoms with Gasteiger partial charge in [-0.2, -0.15) is 0 Å². The lowest BCUT2D eigenvalue weighted by molar-refractivity contribution is -0.393. The van der Waals surface area contributed by atoms with Crippen LogP contribution in [0.25, 0.3) is 0 Å². The van der Waals surface area contributed by atoms with Crippen molar-refractivity contribution in [1.82, 2.24) is 4.90 Å². The number of benzene rings is 2. The number of rotatable bonds is 7. The summed E-state index contributed by atoms with van der Waals surface area (Å²) in [6.45, 7) is 5.38. The molecular weight excluding hydrogens is 446 g/mol. The number of nitrogens with one attached hydrogen (secondary N) is 1. The van der Waals surface area contributed by atoms with Crippen molar-refractivity contribution in [1.29, 1.82) is 0 Å². The van der Waals surface area contributed by atoms with Gasteiger partial charge in [0.05, 0.1) is 35.1 Å². The summed E-state index contributed by atoms with van der Waals surface area (Å²) in [5, 5.41) is 25.8. The third-order valence-corrected chi connectivity index (χ3v) is 5.82. The second kappa shape index (κ2) is 10.3. The molecule has 0 unspecified atom stereocenters. The Morgan fingerprint density at radius 3 is 2.32 bits per heavy atom. The molecule has 2 aromatic carbocycles. The second-order valence-corrected chi connectivity index (χ2v) is 7.93. The van der Waals surface area contributed by atoms with Crippen molar-refractivity contribution in [2.45, 2.75) is 13.8 Å². The van der Waals surface area contributed by atoms with Crippen LogP contribution >= 0.6 is 0 Å². The van der Waals surface area contributed by atoms with Crippen molar-refractivity contribution in [3.05, 3.63) is 67.3 Å². The second-order valence-electron chi connectivity index (χ2n) is 7.93. The van der Waals surface area contributed by atoms with Gasteiger partial charge in [-0.05, 0) is 31.0 Å². The Balaban J connectivity index is 1.76. The van der Waals surface area contributed by atoms with Gasteiger partial charge in [0.1, 0.15) is 5.69 Å². The molecule has 1 aliphatic rings. The van der Waals surface area contributed by atoms with E-state index in [9.17, 15) is 29.8 Å². The highest BCUT2D eigenvalue weighted by Gasteiger charge is 2.33. The van der Waals surface area contributed by atoms with E-state index in [1.54, 1.807) is 4.90 Å². The fraction of sp³-hybridized carbons (Fsp3) is 0.364. The van der Waals surface area contributed by atoms with Gasteiger partial charge >= 0.3 is 5.97 Å². The van der Waals surface area contributed by atoms with E-state index in [2.05, 4.69) is 5.32 Å². The number of non-ortho nitro benzene ring substituents is 1. The van der Waals surface area contributed by atoms with Crippen LogP contribution in [0.1, 0.15) is 21.5 Å². The lowest BCUT2D eigenvalue weighted by Gasteiger charge is -2.36. The zero-order chi connectivity index (χ0) is 25.0. The van der Waals surface area contributed by atoms with Crippen molar-refractivity contribution < 1.29 is 24.2 Å². The fourth-order valence-electron chi connectivity index (χ4n) is 3.86. The number of hydrogen-bond acceptors (Lipinski definition) is 9. The van der Waals surface area contributed by atoms with Crippen molar-refractivity contribution in [3.63, 3.8) is 0 Å². The molecule has 1 amide bonds. The number of piperazine rings is 1. The zero-order valence-corrected chi connectivity index (χ0v) is 19.1. The van der Waals surface area contributed by atoms with Gasteiger partial charge < -0.3 is 15.0 Å². The van der Waals surface area contributed by atoms with Crippen molar-refractivity contribution >= 4 is 34.6 Å². The Morgan fingerprint density at radius 1 is 1.06 bits per heavy atom. The van der Waals surface area contributed by atoms with Crippen LogP contribution in [0.15, 0.2) is 30.3 Å². The SMILES string of the molecule is COC(=O)c1cc([N+](=O)[O-])cc([N+](=O)[O-])c1N1CCN(CC(=O)Nc2cccc(C)c2C)CC1. The molecule has 12 nitrogen and oxygen atoms in total. The smallest absolute Gasteiger partial charge is 0.340 e. The monoisotopic (exact) mass is 471 g/mol. The van der Waals surface area contributed by atoms with Crippen LogP contribution in [0, 0.1) is 34.1 Å². The maximum atomic E-state index is 12.5. The van der Waals surface area contributed by atoms with Crippen LogP contribution in [0.4, 0.5) is 22.7 Å². The maximum Gasteiger partial charge on any atom is 0.340 e. The Labute approximate surface area is 195 Å². The van der Waals surface area contributed by atoms with Crippen LogP contribution in [0.3, 0.4) is 0 Å². The summed E-state index contributed by atoms with van der Waals surface area (Å²) < 4.78 is 4.71. The summed E-state index contributed by atoms with van der Waals surface area (Å²) in [6.07, 6.45) is 0. The quantitative estimate of drug-likeness (QED) is 0.365. The van der Waals surface area contributed by atoms with Crippen LogP contribution in [-0.4, -0.2) is 66.5 Å². The summed E-state index contributed by atoms with van der Waals surface area (Å²) >= 11 is 0. The van der Waals surface area contributed by atoms with Gasteiger partial charge in [0.2, 0.25) is 5.91 Å². The van der Waals surface area contributed by atoms with Gasteiger partial charge in [-0.15, -0.1) is 0 Å². The van der Waals surface area contributed by atoms with E-state index in [0.717, 1.165) is 36.1 Å². The van der Waals surface area contributed by atoms with E-state index in [0.29, 0.717) is 13.1 Å². The Morgan fingerprint density at radius 2 is 1.74 bits per heavy atom. The van der Waals surface area contributed by atoms with Crippen molar-refractivity contribution in [2.24, 2.45) is 0 Å². The first-order valence-corrected chi connectivity index (χ1v) is 10.5. The number of nitrogens with zero attached hydrogens (tertiary/aromatic N) is 4. The normalized spacial score (nSPS) is 13.9. The summed E-state index contributed by atoms with van der Waals surface area (Å²) in [5.41, 5.74) is 1.41. The van der Waals surface area contributed by atoms with Crippen molar-refractivity contribution in [3.8, 4) is 0 Å². The molecule has 1 fully saturated rings. The summed E-state index contributed by atoms with van der Waals surface area (Å²) in [4.78, 5) is 49.7. The van der Waals surface area contributed by atoms with E-state index in [4.69, 9.17) is 4.74 Å². The Bertz CT molecular complexity index is 1140. The lowest BCUT2D eigenvalue weighted by Crippen LogP contribution is -2.49. The van der Waals surface area contributed by atoms with E-state index in [1.165, 1.54) is 0 Å². The number of methoxy groups -OCH3 is 1. The molecule has 0 radical (unpaired) electrons. The van der Waals surface area contributed by atoms with E-state index < -0.39 is 27.2 Å². The lowest BCUT2D eigenvalue weighted by atomic mass is 10.1. The van der Waals surface area contributed by atoms with Crippen LogP contribution in [0.2, 0.25) is 0 Å². The number of carbonyl (C=O) groups excluding carboxylic acids is 2. The molecule has 12 heteroatoms. The fourth-order valence-corrected chi connectivity index (χ4v) is 3.86. The molecule has 180 valence electrons. The molecule has 0 bridgehead atoms. The number of hydrogen-bond donors (Lipinski definition) is 1. The number of nitro groups is 2. The maximum absolute atomic E-state index is 12.5. The molecule has 0 saturated carbocycles. The van der Waals surface area contributed by atoms with Crippen LogP contribution < -0.4 is 10.2 Å². The van der Waals surface area contributed by atoms with Gasteiger partial charge in [0, 0.05) is 37.9 Å². The third-order valence-electron chi connectivity index (χ3n) is 5.82. The minimum Gasteiger partial charge on any atom is -0.465 e. The van der Waals surface area contributed by atoms with Crippen LogP contribution in [-0.2, 0) is 9.53 Å². The van der Waals surface area contributed by atoms with E-state index in [-0.39, 0.29) is 36.8 Å². The number of nitro benzene ring substituents is 2. The summed E-state index contributed by atoms with van der Waals surface area (Å²) in [6, 6.07) is 7.49. The molecule has 2 aromatic rings. The first-order chi connectivity index (χ1) is 16.1. The number of carbonyl (C=O) groups is 2. The molecule has 0 aromatic heterocycles. The number of anilines is 2. The number of amides is 1. The highest BCUT2D eigenvalue weighted by atomic mass is 16.6. The number of esters is 1. The van der Waals surface area contributed by atoms with Crippen molar-refractivity contribution in [2.75, 3.05) is 50.1 Å². The molecule has 0 spiro atoms. The average molecular weight is 471 g/mol. The molecule has 1 N–H and O–H groups in total. The molecular formula is C22H25N5O7. The predicted molar refractivity (Wildman–Crippen MR) is 124 cm³/mol. The highest BCUT2D eigenvalue weighted by Crippen LogP contribution is 2.37. The minimum absolute atomic E-state index is 0.0260. The molecule has 0 aliphatic carbocycles. The van der Waals surface area contributed by atoms with Gasteiger partial charge in [0.15, 0.2) is 0 Å². The van der Waals surface area contributed by atoms with Gasteiger partial charge in [-0.3, -0.25) is 29.9 Å². The molecule has 1 heterocycles. The first-order valence-electron chi connectivity index (χ1n) is 10.5. The zero-order valence-electron chi connectivity index (χ0n) is 19.1. The summed E-state index contributed by atoms with van der Waals surface area (Å²) in [7, 11) is 1.10. The molecule has 1 aliphatic heterocycles. The van der Waals surface area contributed by atoms with Gasteiger partial charge in [-0.25, -0.2) is 4.79 Å². The predicted octanol–water partition coefficient (Wildman–Crippen LogP) is 2.67. The molecule has 34 heavy (non-hydrogen) atoms. The molecule has 0 atom stereocenters. The first kappa shape index (κ1) is 24.6. The number of ether oxygens (including phenoxy) is 1. The Kier molecular flexibility index (Phi) is 7.41. The number of aryl methyl sites for hydroxylation is 1. The highest BCUT2D eigenvalue weighted by molar-refractivity contribution is 5.99. The molecule has 1 saturated heterocycles. The average Bonchev–Trinajstić information content (AvgIpc) is 2.81. The largest absolute Gasteiger partial charge is 0.465 e. The standard InChI is InChI=1S/C22H25N5O7/c1-14-5-4-6-18(15(14)2)23-20(28)13-24-7-9-25(10-8-24)21-17(22(29)34-3)11-16(26(30)31)12-19(21)27(32)33/h4-6,11-12H,7-10,13H2,1-3H3,(H,23,28). The molecule has 3 rings (SSSR count).